The van der Waals surface area contributed by atoms with E-state index in [1.165, 1.54) is 0 Å². The summed E-state index contributed by atoms with van der Waals surface area (Å²) in [5.74, 6) is 0. The summed E-state index contributed by atoms with van der Waals surface area (Å²) in [5, 5.41) is 5.17. The van der Waals surface area contributed by atoms with E-state index < -0.39 is 0 Å². The first-order valence-corrected chi connectivity index (χ1v) is 7.46. The summed E-state index contributed by atoms with van der Waals surface area (Å²) in [6, 6.07) is 8.43. The van der Waals surface area contributed by atoms with E-state index in [9.17, 15) is 0 Å². The predicted octanol–water partition coefficient (Wildman–Crippen LogP) is 4.13. The van der Waals surface area contributed by atoms with Crippen LogP contribution in [0.25, 0.3) is 11.0 Å². The fourth-order valence-corrected chi connectivity index (χ4v) is 3.14. The highest BCUT2D eigenvalue weighted by atomic mass is 35.5. The molecule has 1 aliphatic rings. The van der Waals surface area contributed by atoms with Crippen LogP contribution in [-0.2, 0) is 11.3 Å². The van der Waals surface area contributed by atoms with Crippen LogP contribution in [0.1, 0.15) is 32.3 Å². The molecule has 1 saturated heterocycles. The molecule has 0 aliphatic carbocycles. The van der Waals surface area contributed by atoms with E-state index in [1.807, 2.05) is 18.2 Å². The molecule has 1 atom stereocenters. The molecule has 0 amide bonds. The van der Waals surface area contributed by atoms with Crippen molar-refractivity contribution in [3.63, 3.8) is 0 Å². The van der Waals surface area contributed by atoms with Gasteiger partial charge in [0.15, 0.2) is 5.22 Å². The SMILES string of the molecule is CC1(C)CC(NCc2c(Cl)oc3ccccc23)CCO1. The molecule has 1 aliphatic heterocycles. The lowest BCUT2D eigenvalue weighted by molar-refractivity contribution is -0.0630. The number of furan rings is 1. The number of hydrogen-bond acceptors (Lipinski definition) is 3. The minimum atomic E-state index is -0.0435. The molecule has 0 bridgehead atoms. The molecule has 1 unspecified atom stereocenters. The highest BCUT2D eigenvalue weighted by Gasteiger charge is 2.28. The van der Waals surface area contributed by atoms with Gasteiger partial charge in [-0.15, -0.1) is 0 Å². The second-order valence-corrected chi connectivity index (χ2v) is 6.37. The summed E-state index contributed by atoms with van der Waals surface area (Å²) in [5.41, 5.74) is 1.85. The number of fused-ring (bicyclic) bond motifs is 1. The van der Waals surface area contributed by atoms with E-state index >= 15 is 0 Å². The largest absolute Gasteiger partial charge is 0.444 e. The van der Waals surface area contributed by atoms with Gasteiger partial charge in [0.25, 0.3) is 0 Å². The van der Waals surface area contributed by atoms with E-state index in [2.05, 4.69) is 25.2 Å². The number of nitrogens with one attached hydrogen (secondary N) is 1. The zero-order valence-corrected chi connectivity index (χ0v) is 12.7. The molecular formula is C16H20ClNO2. The topological polar surface area (TPSA) is 34.4 Å². The van der Waals surface area contributed by atoms with Crippen molar-refractivity contribution >= 4 is 22.6 Å². The molecule has 1 N–H and O–H groups in total. The molecular weight excluding hydrogens is 274 g/mol. The number of ether oxygens (including phenoxy) is 1. The van der Waals surface area contributed by atoms with Crippen LogP contribution in [0.3, 0.4) is 0 Å². The third kappa shape index (κ3) is 2.85. The average Bonchev–Trinajstić information content (AvgIpc) is 2.71. The van der Waals surface area contributed by atoms with Gasteiger partial charge in [-0.05, 0) is 44.4 Å². The number of benzene rings is 1. The summed E-state index contributed by atoms with van der Waals surface area (Å²) in [6.45, 7) is 5.82. The van der Waals surface area contributed by atoms with Gasteiger partial charge in [0.05, 0.1) is 5.60 Å². The standard InChI is InChI=1S/C16H20ClNO2/c1-16(2)9-11(7-8-19-16)18-10-13-12-5-3-4-6-14(12)20-15(13)17/h3-6,11,18H,7-10H2,1-2H3. The third-order valence-corrected chi connectivity index (χ3v) is 4.22. The normalized spacial score (nSPS) is 22.2. The Bertz CT molecular complexity index is 606. The van der Waals surface area contributed by atoms with Crippen LogP contribution in [0.15, 0.2) is 28.7 Å². The van der Waals surface area contributed by atoms with Crippen LogP contribution >= 0.6 is 11.6 Å². The molecule has 1 fully saturated rings. The van der Waals surface area contributed by atoms with Crippen LogP contribution in [0.5, 0.6) is 0 Å². The summed E-state index contributed by atoms with van der Waals surface area (Å²) < 4.78 is 11.3. The van der Waals surface area contributed by atoms with Crippen LogP contribution < -0.4 is 5.32 Å². The van der Waals surface area contributed by atoms with Crippen LogP contribution in [0, 0.1) is 0 Å². The third-order valence-electron chi connectivity index (χ3n) is 3.91. The van der Waals surface area contributed by atoms with Crippen molar-refractivity contribution in [2.45, 2.75) is 44.9 Å². The van der Waals surface area contributed by atoms with E-state index in [4.69, 9.17) is 20.8 Å². The van der Waals surface area contributed by atoms with E-state index in [0.717, 1.165) is 42.5 Å². The van der Waals surface area contributed by atoms with Gasteiger partial charge in [-0.3, -0.25) is 0 Å². The lowest BCUT2D eigenvalue weighted by atomic mass is 9.94. The van der Waals surface area contributed by atoms with Gasteiger partial charge in [-0.2, -0.15) is 0 Å². The Kier molecular flexibility index (Phi) is 3.76. The minimum Gasteiger partial charge on any atom is -0.444 e. The lowest BCUT2D eigenvalue weighted by Gasteiger charge is -2.36. The van der Waals surface area contributed by atoms with E-state index in [1.54, 1.807) is 0 Å². The number of halogens is 1. The van der Waals surface area contributed by atoms with Crippen molar-refractivity contribution < 1.29 is 9.15 Å². The van der Waals surface area contributed by atoms with Crippen molar-refractivity contribution in [1.29, 1.82) is 0 Å². The Morgan fingerprint density at radius 2 is 2.15 bits per heavy atom. The average molecular weight is 294 g/mol. The minimum absolute atomic E-state index is 0.0435. The molecule has 3 nitrogen and oxygen atoms in total. The molecule has 2 heterocycles. The Hall–Kier alpha value is -1.03. The van der Waals surface area contributed by atoms with Crippen molar-refractivity contribution in [3.8, 4) is 0 Å². The summed E-state index contributed by atoms with van der Waals surface area (Å²) in [4.78, 5) is 0. The number of para-hydroxylation sites is 1. The lowest BCUT2D eigenvalue weighted by Crippen LogP contribution is -2.43. The van der Waals surface area contributed by atoms with Crippen molar-refractivity contribution in [3.05, 3.63) is 35.0 Å². The molecule has 3 rings (SSSR count). The molecule has 4 heteroatoms. The number of hydrogen-bond donors (Lipinski definition) is 1. The fraction of sp³-hybridized carbons (Fsp3) is 0.500. The molecule has 2 aromatic rings. The quantitative estimate of drug-likeness (QED) is 0.924. The summed E-state index contributed by atoms with van der Waals surface area (Å²) in [6.07, 6.45) is 2.05. The first-order chi connectivity index (χ1) is 9.55. The molecule has 0 saturated carbocycles. The molecule has 1 aromatic heterocycles. The van der Waals surface area contributed by atoms with Crippen LogP contribution in [0.4, 0.5) is 0 Å². The second kappa shape index (κ2) is 5.40. The van der Waals surface area contributed by atoms with Crippen molar-refractivity contribution in [1.82, 2.24) is 5.32 Å². The second-order valence-electron chi connectivity index (χ2n) is 6.03. The highest BCUT2D eigenvalue weighted by Crippen LogP contribution is 2.30. The Balaban J connectivity index is 1.72. The summed E-state index contributed by atoms with van der Waals surface area (Å²) in [7, 11) is 0. The van der Waals surface area contributed by atoms with Crippen LogP contribution in [0.2, 0.25) is 5.22 Å². The Morgan fingerprint density at radius 3 is 2.95 bits per heavy atom. The maximum absolute atomic E-state index is 6.21. The first kappa shape index (κ1) is 13.9. The zero-order valence-electron chi connectivity index (χ0n) is 11.9. The maximum Gasteiger partial charge on any atom is 0.199 e. The van der Waals surface area contributed by atoms with Crippen LogP contribution in [-0.4, -0.2) is 18.2 Å². The van der Waals surface area contributed by atoms with Crippen molar-refractivity contribution in [2.24, 2.45) is 0 Å². The molecule has 0 radical (unpaired) electrons. The molecule has 0 spiro atoms. The van der Waals surface area contributed by atoms with Crippen molar-refractivity contribution in [2.75, 3.05) is 6.61 Å². The zero-order chi connectivity index (χ0) is 14.2. The first-order valence-electron chi connectivity index (χ1n) is 7.08. The van der Waals surface area contributed by atoms with Gasteiger partial charge in [-0.1, -0.05) is 18.2 Å². The summed E-state index contributed by atoms with van der Waals surface area (Å²) >= 11 is 6.21. The van der Waals surface area contributed by atoms with Gasteiger partial charge < -0.3 is 14.5 Å². The Morgan fingerprint density at radius 1 is 1.35 bits per heavy atom. The smallest absolute Gasteiger partial charge is 0.199 e. The highest BCUT2D eigenvalue weighted by molar-refractivity contribution is 6.30. The Labute approximate surface area is 124 Å². The maximum atomic E-state index is 6.21. The number of rotatable bonds is 3. The predicted molar refractivity (Wildman–Crippen MR) is 81.1 cm³/mol. The van der Waals surface area contributed by atoms with Gasteiger partial charge in [0.2, 0.25) is 0 Å². The van der Waals surface area contributed by atoms with Gasteiger partial charge in [0.1, 0.15) is 5.58 Å². The van der Waals surface area contributed by atoms with Gasteiger partial charge in [-0.25, -0.2) is 0 Å². The molecule has 108 valence electrons. The van der Waals surface area contributed by atoms with Gasteiger partial charge in [0, 0.05) is 30.1 Å². The van der Waals surface area contributed by atoms with E-state index in [-0.39, 0.29) is 5.60 Å². The molecule has 20 heavy (non-hydrogen) atoms. The fourth-order valence-electron chi connectivity index (χ4n) is 2.89. The monoisotopic (exact) mass is 293 g/mol. The van der Waals surface area contributed by atoms with Gasteiger partial charge >= 0.3 is 0 Å². The molecule has 1 aromatic carbocycles. The van der Waals surface area contributed by atoms with E-state index in [0.29, 0.717) is 11.3 Å².